The predicted octanol–water partition coefficient (Wildman–Crippen LogP) is 4.06. The molecule has 0 saturated carbocycles. The van der Waals surface area contributed by atoms with Gasteiger partial charge in [0.15, 0.2) is 5.78 Å². The molecule has 1 saturated heterocycles. The maximum atomic E-state index is 12.9. The van der Waals surface area contributed by atoms with Gasteiger partial charge in [0.05, 0.1) is 6.26 Å². The van der Waals surface area contributed by atoms with Gasteiger partial charge in [-0.25, -0.2) is 0 Å². The second-order valence-electron chi connectivity index (χ2n) is 6.32. The van der Waals surface area contributed by atoms with Gasteiger partial charge in [-0.2, -0.15) is 0 Å². The summed E-state index contributed by atoms with van der Waals surface area (Å²) in [5, 5.41) is 0. The van der Waals surface area contributed by atoms with Gasteiger partial charge < -0.3 is 9.32 Å². The van der Waals surface area contributed by atoms with Gasteiger partial charge in [-0.15, -0.1) is 11.8 Å². The minimum Gasteiger partial charge on any atom is -0.469 e. The van der Waals surface area contributed by atoms with Crippen molar-refractivity contribution in [3.05, 3.63) is 54.0 Å². The minimum atomic E-state index is -0.102. The van der Waals surface area contributed by atoms with E-state index >= 15 is 0 Å². The first kappa shape index (κ1) is 17.8. The second kappa shape index (κ2) is 8.39. The summed E-state index contributed by atoms with van der Waals surface area (Å²) in [7, 11) is 0. The van der Waals surface area contributed by atoms with E-state index < -0.39 is 0 Å². The molecule has 1 aromatic carbocycles. The van der Waals surface area contributed by atoms with Crippen LogP contribution in [0.2, 0.25) is 0 Å². The number of furan rings is 1. The largest absolute Gasteiger partial charge is 0.469 e. The van der Waals surface area contributed by atoms with Crippen molar-refractivity contribution in [3.63, 3.8) is 0 Å². The fourth-order valence-corrected chi connectivity index (χ4v) is 3.93. The molecule has 2 heterocycles. The molecule has 1 aliphatic rings. The zero-order chi connectivity index (χ0) is 17.6. The molecule has 1 fully saturated rings. The molecule has 1 amide bonds. The zero-order valence-electron chi connectivity index (χ0n) is 14.4. The quantitative estimate of drug-likeness (QED) is 0.578. The molecule has 4 nitrogen and oxygen atoms in total. The summed E-state index contributed by atoms with van der Waals surface area (Å²) in [4.78, 5) is 28.3. The summed E-state index contributed by atoms with van der Waals surface area (Å²) in [6, 6.07) is 11.4. The Morgan fingerprint density at radius 2 is 2.08 bits per heavy atom. The number of carbonyl (C=O) groups excluding carboxylic acids is 2. The number of hydrogen-bond donors (Lipinski definition) is 0. The Morgan fingerprint density at radius 1 is 1.24 bits per heavy atom. The fraction of sp³-hybridized carbons (Fsp3) is 0.400. The van der Waals surface area contributed by atoms with E-state index in [1.165, 1.54) is 0 Å². The highest BCUT2D eigenvalue weighted by molar-refractivity contribution is 7.98. The Bertz CT molecular complexity index is 726. The Labute approximate surface area is 152 Å². The fourth-order valence-electron chi connectivity index (χ4n) is 3.33. The monoisotopic (exact) mass is 357 g/mol. The Hall–Kier alpha value is -2.01. The lowest BCUT2D eigenvalue weighted by molar-refractivity contribution is -0.132. The lowest BCUT2D eigenvalue weighted by Crippen LogP contribution is -2.42. The number of piperidine rings is 1. The maximum Gasteiger partial charge on any atom is 0.223 e. The lowest BCUT2D eigenvalue weighted by Gasteiger charge is -2.32. The normalized spacial score (nSPS) is 17.5. The van der Waals surface area contributed by atoms with Crippen LogP contribution < -0.4 is 0 Å². The van der Waals surface area contributed by atoms with Crippen LogP contribution in [-0.2, 0) is 11.2 Å². The van der Waals surface area contributed by atoms with Crippen molar-refractivity contribution in [2.24, 2.45) is 5.92 Å². The highest BCUT2D eigenvalue weighted by atomic mass is 32.2. The molecular formula is C20H23NO3S. The molecule has 0 N–H and O–H groups in total. The Balaban J connectivity index is 1.62. The maximum absolute atomic E-state index is 12.9. The number of likely N-dealkylation sites (tertiary alicyclic amines) is 1. The third-order valence-electron chi connectivity index (χ3n) is 4.68. The minimum absolute atomic E-state index is 0.102. The van der Waals surface area contributed by atoms with Gasteiger partial charge in [0.25, 0.3) is 0 Å². The van der Waals surface area contributed by atoms with E-state index in [-0.39, 0.29) is 17.6 Å². The number of benzene rings is 1. The number of ketones is 1. The third-order valence-corrected chi connectivity index (χ3v) is 5.48. The lowest BCUT2D eigenvalue weighted by atomic mass is 9.89. The SMILES string of the molecule is CSc1ccccc1C(=O)C1CCCN(C(=O)CCc2ccco2)C1. The van der Waals surface area contributed by atoms with Crippen molar-refractivity contribution < 1.29 is 14.0 Å². The first-order chi connectivity index (χ1) is 12.2. The summed E-state index contributed by atoms with van der Waals surface area (Å²) in [5.74, 6) is 0.988. The Morgan fingerprint density at radius 3 is 2.84 bits per heavy atom. The number of nitrogens with zero attached hydrogens (tertiary/aromatic N) is 1. The van der Waals surface area contributed by atoms with Crippen LogP contribution in [-0.4, -0.2) is 35.9 Å². The van der Waals surface area contributed by atoms with E-state index in [0.29, 0.717) is 19.4 Å². The molecule has 1 atom stereocenters. The van der Waals surface area contributed by atoms with Crippen LogP contribution in [0.4, 0.5) is 0 Å². The Kier molecular flexibility index (Phi) is 5.97. The van der Waals surface area contributed by atoms with E-state index in [1.54, 1.807) is 18.0 Å². The van der Waals surface area contributed by atoms with E-state index in [9.17, 15) is 9.59 Å². The molecule has 0 bridgehead atoms. The third kappa shape index (κ3) is 4.34. The molecule has 0 radical (unpaired) electrons. The van der Waals surface area contributed by atoms with Crippen LogP contribution in [0.1, 0.15) is 35.4 Å². The van der Waals surface area contributed by atoms with Crippen LogP contribution in [0, 0.1) is 5.92 Å². The summed E-state index contributed by atoms with van der Waals surface area (Å²) in [6.45, 7) is 1.27. The average molecular weight is 357 g/mol. The van der Waals surface area contributed by atoms with Crippen molar-refractivity contribution in [2.75, 3.05) is 19.3 Å². The molecule has 1 unspecified atom stereocenters. The summed E-state index contributed by atoms with van der Waals surface area (Å²) in [5.41, 5.74) is 0.782. The van der Waals surface area contributed by atoms with Crippen molar-refractivity contribution in [1.29, 1.82) is 0 Å². The van der Waals surface area contributed by atoms with Gasteiger partial charge in [-0.05, 0) is 37.3 Å². The number of aryl methyl sites for hydroxylation is 1. The van der Waals surface area contributed by atoms with Crippen LogP contribution >= 0.6 is 11.8 Å². The van der Waals surface area contributed by atoms with Crippen LogP contribution in [0.5, 0.6) is 0 Å². The molecule has 132 valence electrons. The molecule has 1 aliphatic heterocycles. The first-order valence-electron chi connectivity index (χ1n) is 8.66. The standard InChI is InChI=1S/C20H23NO3S/c1-25-18-9-3-2-8-17(18)20(23)15-6-4-12-21(14-15)19(22)11-10-16-7-5-13-24-16/h2-3,5,7-9,13,15H,4,6,10-12,14H2,1H3. The van der Waals surface area contributed by atoms with Crippen molar-refractivity contribution >= 4 is 23.5 Å². The number of carbonyl (C=O) groups is 2. The van der Waals surface area contributed by atoms with Gasteiger partial charge in [-0.3, -0.25) is 9.59 Å². The average Bonchev–Trinajstić information content (AvgIpc) is 3.19. The molecule has 0 aliphatic carbocycles. The summed E-state index contributed by atoms with van der Waals surface area (Å²) < 4.78 is 5.29. The van der Waals surface area contributed by atoms with Crippen molar-refractivity contribution in [1.82, 2.24) is 4.90 Å². The smallest absolute Gasteiger partial charge is 0.223 e. The zero-order valence-corrected chi connectivity index (χ0v) is 15.3. The molecule has 2 aromatic rings. The van der Waals surface area contributed by atoms with Gasteiger partial charge in [0, 0.05) is 42.3 Å². The molecule has 25 heavy (non-hydrogen) atoms. The highest BCUT2D eigenvalue weighted by Gasteiger charge is 2.29. The molecule has 1 aromatic heterocycles. The number of thioether (sulfide) groups is 1. The van der Waals surface area contributed by atoms with Gasteiger partial charge >= 0.3 is 0 Å². The molecule has 3 rings (SSSR count). The van der Waals surface area contributed by atoms with Crippen molar-refractivity contribution in [3.8, 4) is 0 Å². The van der Waals surface area contributed by atoms with E-state index in [2.05, 4.69) is 0 Å². The molecule has 5 heteroatoms. The number of Topliss-reactive ketones (excluding diaryl/α,β-unsaturated/α-hetero) is 1. The number of rotatable bonds is 6. The van der Waals surface area contributed by atoms with Crippen LogP contribution in [0.15, 0.2) is 52.0 Å². The van der Waals surface area contributed by atoms with Gasteiger partial charge in [-0.1, -0.05) is 18.2 Å². The molecular weight excluding hydrogens is 334 g/mol. The van der Waals surface area contributed by atoms with E-state index in [1.807, 2.05) is 47.6 Å². The van der Waals surface area contributed by atoms with Gasteiger partial charge in [0.2, 0.25) is 5.91 Å². The second-order valence-corrected chi connectivity index (χ2v) is 7.17. The highest BCUT2D eigenvalue weighted by Crippen LogP contribution is 2.27. The van der Waals surface area contributed by atoms with Crippen molar-refractivity contribution in [2.45, 2.75) is 30.6 Å². The van der Waals surface area contributed by atoms with Crippen LogP contribution in [0.3, 0.4) is 0 Å². The molecule has 0 spiro atoms. The summed E-state index contributed by atoms with van der Waals surface area (Å²) in [6.07, 6.45) is 6.37. The summed E-state index contributed by atoms with van der Waals surface area (Å²) >= 11 is 1.59. The first-order valence-corrected chi connectivity index (χ1v) is 9.89. The topological polar surface area (TPSA) is 50.5 Å². The van der Waals surface area contributed by atoms with Crippen LogP contribution in [0.25, 0.3) is 0 Å². The number of hydrogen-bond acceptors (Lipinski definition) is 4. The van der Waals surface area contributed by atoms with Gasteiger partial charge in [0.1, 0.15) is 5.76 Å². The van der Waals surface area contributed by atoms with E-state index in [0.717, 1.165) is 35.6 Å². The van der Waals surface area contributed by atoms with E-state index in [4.69, 9.17) is 4.42 Å². The predicted molar refractivity (Wildman–Crippen MR) is 98.9 cm³/mol. The number of amides is 1.